The molecule has 0 radical (unpaired) electrons. The van der Waals surface area contributed by atoms with Gasteiger partial charge in [0, 0.05) is 24.0 Å². The summed E-state index contributed by atoms with van der Waals surface area (Å²) < 4.78 is 14.8. The van der Waals surface area contributed by atoms with E-state index in [1.165, 1.54) is 18.5 Å². The second-order valence-electron chi connectivity index (χ2n) is 4.40. The molecule has 0 spiro atoms. The fourth-order valence-corrected chi connectivity index (χ4v) is 2.23. The molecule has 2 rings (SSSR count). The third-order valence-electron chi connectivity index (χ3n) is 2.94. The largest absolute Gasteiger partial charge is 0.327 e. The van der Waals surface area contributed by atoms with Crippen LogP contribution in [0.15, 0.2) is 24.5 Å². The Balaban J connectivity index is 2.03. The molecule has 0 saturated carbocycles. The maximum Gasteiger partial charge on any atom is 0.138 e. The molecular weight excluding hydrogens is 267 g/mol. The number of halogens is 2. The first-order chi connectivity index (χ1) is 9.10. The minimum Gasteiger partial charge on any atom is -0.327 e. The van der Waals surface area contributed by atoms with E-state index in [0.717, 1.165) is 17.9 Å². The summed E-state index contributed by atoms with van der Waals surface area (Å²) in [6, 6.07) is 4.24. The molecule has 1 heterocycles. The van der Waals surface area contributed by atoms with Crippen LogP contribution < -0.4 is 5.73 Å². The van der Waals surface area contributed by atoms with E-state index in [1.807, 2.05) is 11.6 Å². The minimum absolute atomic E-state index is 0.127. The van der Waals surface area contributed by atoms with E-state index >= 15 is 0 Å². The highest BCUT2D eigenvalue weighted by atomic mass is 35.5. The Morgan fingerprint density at radius 3 is 2.89 bits per heavy atom. The first kappa shape index (κ1) is 14.0. The third kappa shape index (κ3) is 3.52. The van der Waals surface area contributed by atoms with Gasteiger partial charge in [-0.1, -0.05) is 17.7 Å². The minimum atomic E-state index is -0.340. The molecule has 0 aliphatic heterocycles. The van der Waals surface area contributed by atoms with Gasteiger partial charge in [0.15, 0.2) is 0 Å². The van der Waals surface area contributed by atoms with Crippen molar-refractivity contribution >= 4 is 11.6 Å². The van der Waals surface area contributed by atoms with Crippen molar-refractivity contribution in [1.29, 1.82) is 0 Å². The van der Waals surface area contributed by atoms with E-state index in [9.17, 15) is 4.39 Å². The monoisotopic (exact) mass is 282 g/mol. The normalized spacial score (nSPS) is 12.6. The maximum atomic E-state index is 13.0. The molecule has 6 heteroatoms. The van der Waals surface area contributed by atoms with Crippen LogP contribution in [-0.2, 0) is 19.4 Å². The fraction of sp³-hybridized carbons (Fsp3) is 0.385. The molecule has 0 amide bonds. The van der Waals surface area contributed by atoms with Gasteiger partial charge in [-0.15, -0.1) is 0 Å². The van der Waals surface area contributed by atoms with Gasteiger partial charge in [0.05, 0.1) is 0 Å². The number of nitrogens with zero attached hydrogens (tertiary/aromatic N) is 3. The van der Waals surface area contributed by atoms with Gasteiger partial charge in [-0.2, -0.15) is 5.10 Å². The summed E-state index contributed by atoms with van der Waals surface area (Å²) in [5, 5.41) is 4.51. The number of rotatable bonds is 5. The van der Waals surface area contributed by atoms with E-state index in [1.54, 1.807) is 6.07 Å². The van der Waals surface area contributed by atoms with E-state index in [4.69, 9.17) is 17.3 Å². The average Bonchev–Trinajstić information content (AvgIpc) is 2.80. The molecule has 1 aromatic heterocycles. The van der Waals surface area contributed by atoms with Gasteiger partial charge in [0.2, 0.25) is 0 Å². The standard InChI is InChI=1S/C13H16ClFN4/c1-2-19-13(17-8-18-19)7-11(16)5-9-3-4-10(15)6-12(9)14/h3-4,6,8,11H,2,5,7,16H2,1H3. The number of aromatic nitrogens is 3. The predicted octanol–water partition coefficient (Wildman–Crippen LogP) is 2.20. The molecule has 1 atom stereocenters. The van der Waals surface area contributed by atoms with Crippen molar-refractivity contribution in [1.82, 2.24) is 14.8 Å². The average molecular weight is 283 g/mol. The first-order valence-electron chi connectivity index (χ1n) is 6.16. The zero-order valence-corrected chi connectivity index (χ0v) is 11.4. The number of benzene rings is 1. The molecule has 1 aromatic carbocycles. The molecule has 19 heavy (non-hydrogen) atoms. The Morgan fingerprint density at radius 2 is 2.21 bits per heavy atom. The topological polar surface area (TPSA) is 56.7 Å². The highest BCUT2D eigenvalue weighted by Gasteiger charge is 2.12. The van der Waals surface area contributed by atoms with Crippen molar-refractivity contribution in [2.24, 2.45) is 5.73 Å². The molecule has 0 fully saturated rings. The quantitative estimate of drug-likeness (QED) is 0.915. The summed E-state index contributed by atoms with van der Waals surface area (Å²) in [7, 11) is 0. The zero-order valence-electron chi connectivity index (χ0n) is 10.7. The fourth-order valence-electron chi connectivity index (χ4n) is 1.99. The Bertz CT molecular complexity index is 555. The van der Waals surface area contributed by atoms with Crippen LogP contribution >= 0.6 is 11.6 Å². The smallest absolute Gasteiger partial charge is 0.138 e. The van der Waals surface area contributed by atoms with Gasteiger partial charge in [0.25, 0.3) is 0 Å². The van der Waals surface area contributed by atoms with Crippen molar-refractivity contribution < 1.29 is 4.39 Å². The second kappa shape index (κ2) is 6.12. The van der Waals surface area contributed by atoms with Crippen LogP contribution in [0.5, 0.6) is 0 Å². The molecule has 4 nitrogen and oxygen atoms in total. The van der Waals surface area contributed by atoms with E-state index in [2.05, 4.69) is 10.1 Å². The number of hydrogen-bond acceptors (Lipinski definition) is 3. The predicted molar refractivity (Wildman–Crippen MR) is 72.5 cm³/mol. The molecule has 0 bridgehead atoms. The van der Waals surface area contributed by atoms with Gasteiger partial charge in [-0.25, -0.2) is 9.37 Å². The van der Waals surface area contributed by atoms with Crippen LogP contribution in [0.3, 0.4) is 0 Å². The number of aryl methyl sites for hydroxylation is 1. The lowest BCUT2D eigenvalue weighted by molar-refractivity contribution is 0.566. The van der Waals surface area contributed by atoms with Gasteiger partial charge < -0.3 is 5.73 Å². The molecule has 102 valence electrons. The first-order valence-corrected chi connectivity index (χ1v) is 6.54. The van der Waals surface area contributed by atoms with Crippen molar-refractivity contribution in [3.05, 3.63) is 46.8 Å². The van der Waals surface area contributed by atoms with Gasteiger partial charge in [0.1, 0.15) is 18.0 Å². The summed E-state index contributed by atoms with van der Waals surface area (Å²) >= 11 is 5.99. The highest BCUT2D eigenvalue weighted by molar-refractivity contribution is 6.31. The van der Waals surface area contributed by atoms with E-state index < -0.39 is 0 Å². The molecule has 0 saturated heterocycles. The SMILES string of the molecule is CCn1ncnc1CC(N)Cc1ccc(F)cc1Cl. The lowest BCUT2D eigenvalue weighted by Crippen LogP contribution is -2.27. The second-order valence-corrected chi connectivity index (χ2v) is 4.80. The van der Waals surface area contributed by atoms with Crippen LogP contribution in [0.2, 0.25) is 5.02 Å². The van der Waals surface area contributed by atoms with Crippen molar-refractivity contribution in [2.45, 2.75) is 32.4 Å². The molecule has 0 aliphatic rings. The summed E-state index contributed by atoms with van der Waals surface area (Å²) in [6.07, 6.45) is 2.72. The van der Waals surface area contributed by atoms with Gasteiger partial charge >= 0.3 is 0 Å². The summed E-state index contributed by atoms with van der Waals surface area (Å²) in [5.74, 6) is 0.515. The highest BCUT2D eigenvalue weighted by Crippen LogP contribution is 2.19. The van der Waals surface area contributed by atoms with Crippen LogP contribution in [0.25, 0.3) is 0 Å². The van der Waals surface area contributed by atoms with Crippen LogP contribution in [0.4, 0.5) is 4.39 Å². The molecule has 2 N–H and O–H groups in total. The number of hydrogen-bond donors (Lipinski definition) is 1. The van der Waals surface area contributed by atoms with Gasteiger partial charge in [-0.3, -0.25) is 4.68 Å². The third-order valence-corrected chi connectivity index (χ3v) is 3.29. The molecule has 1 unspecified atom stereocenters. The summed E-state index contributed by atoms with van der Waals surface area (Å²) in [4.78, 5) is 4.18. The zero-order chi connectivity index (χ0) is 13.8. The van der Waals surface area contributed by atoms with Crippen LogP contribution in [0, 0.1) is 5.82 Å². The summed E-state index contributed by atoms with van der Waals surface area (Å²) in [6.45, 7) is 2.76. The lowest BCUT2D eigenvalue weighted by Gasteiger charge is -2.12. The van der Waals surface area contributed by atoms with Crippen LogP contribution in [0.1, 0.15) is 18.3 Å². The van der Waals surface area contributed by atoms with Gasteiger partial charge in [-0.05, 0) is 31.0 Å². The Kier molecular flexibility index (Phi) is 4.50. The van der Waals surface area contributed by atoms with Crippen molar-refractivity contribution in [3.8, 4) is 0 Å². The van der Waals surface area contributed by atoms with Crippen molar-refractivity contribution in [2.75, 3.05) is 0 Å². The number of nitrogens with two attached hydrogens (primary N) is 1. The Morgan fingerprint density at radius 1 is 1.42 bits per heavy atom. The van der Waals surface area contributed by atoms with E-state index in [-0.39, 0.29) is 11.9 Å². The van der Waals surface area contributed by atoms with E-state index in [0.29, 0.717) is 17.9 Å². The summed E-state index contributed by atoms with van der Waals surface area (Å²) in [5.41, 5.74) is 6.94. The molecule has 2 aromatic rings. The maximum absolute atomic E-state index is 13.0. The van der Waals surface area contributed by atoms with Crippen LogP contribution in [-0.4, -0.2) is 20.8 Å². The Hall–Kier alpha value is -1.46. The molecule has 0 aliphatic carbocycles. The molecular formula is C13H16ClFN4. The van der Waals surface area contributed by atoms with Crippen molar-refractivity contribution in [3.63, 3.8) is 0 Å². The lowest BCUT2D eigenvalue weighted by atomic mass is 10.0. The Labute approximate surface area is 116 Å².